The van der Waals surface area contributed by atoms with E-state index in [1.54, 1.807) is 5.56 Å². The van der Waals surface area contributed by atoms with Crippen LogP contribution in [0.2, 0.25) is 0 Å². The molecule has 5 atom stereocenters. The molecule has 6 N–H and O–H groups in total. The Morgan fingerprint density at radius 2 is 1.85 bits per heavy atom. The molecule has 0 radical (unpaired) electrons. The fourth-order valence-corrected chi connectivity index (χ4v) is 11.2. The van der Waals surface area contributed by atoms with E-state index in [2.05, 4.69) is 58.0 Å². The third kappa shape index (κ3) is 6.16. The third-order valence-corrected chi connectivity index (χ3v) is 13.9. The van der Waals surface area contributed by atoms with Crippen molar-refractivity contribution in [3.05, 3.63) is 35.4 Å². The SMILES string of the molecule is CC(=O)NC(CCCN=C(N)N)C(=O)NC1CC(=O)N([C@H]2CC3CC[C@]2(CSN2CCC4(CCc5ccccc54)CC2)C3(C)C)C1=O. The van der Waals surface area contributed by atoms with Crippen LogP contribution < -0.4 is 22.1 Å². The van der Waals surface area contributed by atoms with E-state index in [4.69, 9.17) is 11.5 Å². The minimum absolute atomic E-state index is 0.0140. The highest BCUT2D eigenvalue weighted by Gasteiger charge is 2.67. The molecule has 4 fully saturated rings. The Kier molecular flexibility index (Phi) is 9.38. The molecule has 11 nitrogen and oxygen atoms in total. The van der Waals surface area contributed by atoms with Gasteiger partial charge in [-0.1, -0.05) is 50.1 Å². The van der Waals surface area contributed by atoms with Crippen molar-refractivity contribution in [2.75, 3.05) is 25.4 Å². The first-order valence-corrected chi connectivity index (χ1v) is 18.3. The predicted octanol–water partition coefficient (Wildman–Crippen LogP) is 2.61. The standard InChI is InChI=1S/C35H51N7O4S/c1-22(43)39-26(9-6-16-38-32(36)37)30(45)40-27-20-29(44)42(31(27)46)28-19-24-11-13-35(28,33(24,2)3)21-47-41-17-14-34(15-18-41)12-10-23-7-4-5-8-25(23)34/h4-5,7-8,24,26-28H,6,9-21H2,1-3H3,(H,39,43)(H,40,45)(H4,36,37,38)/t24?,26?,27?,28-,35+/m0/s1. The van der Waals surface area contributed by atoms with Gasteiger partial charge in [-0.25, -0.2) is 0 Å². The van der Waals surface area contributed by atoms with Gasteiger partial charge in [-0.2, -0.15) is 0 Å². The highest BCUT2D eigenvalue weighted by Crippen LogP contribution is 2.68. The second-order valence-corrected chi connectivity index (χ2v) is 16.1. The number of amides is 4. The smallest absolute Gasteiger partial charge is 0.252 e. The number of carbonyl (C=O) groups is 4. The number of carbonyl (C=O) groups excluding carboxylic acids is 4. The van der Waals surface area contributed by atoms with Crippen LogP contribution in [0.25, 0.3) is 0 Å². The fourth-order valence-electron chi connectivity index (χ4n) is 9.65. The fraction of sp³-hybridized carbons (Fsp3) is 0.686. The molecule has 5 aliphatic rings. The lowest BCUT2D eigenvalue weighted by Crippen LogP contribution is -2.55. The van der Waals surface area contributed by atoms with Gasteiger partial charge in [0.05, 0.1) is 6.42 Å². The van der Waals surface area contributed by atoms with E-state index in [-0.39, 0.29) is 47.0 Å². The Balaban J connectivity index is 1.11. The van der Waals surface area contributed by atoms with Gasteiger partial charge < -0.3 is 22.1 Å². The lowest BCUT2D eigenvalue weighted by atomic mass is 9.68. The number of hydrogen-bond acceptors (Lipinski definition) is 7. The minimum Gasteiger partial charge on any atom is -0.370 e. The van der Waals surface area contributed by atoms with Crippen molar-refractivity contribution in [3.8, 4) is 0 Å². The lowest BCUT2D eigenvalue weighted by Gasteiger charge is -2.47. The topological polar surface area (TPSA) is 163 Å². The molecule has 2 aliphatic heterocycles. The van der Waals surface area contributed by atoms with Crippen molar-refractivity contribution in [1.82, 2.24) is 19.8 Å². The molecule has 1 spiro atoms. The predicted molar refractivity (Wildman–Crippen MR) is 183 cm³/mol. The van der Waals surface area contributed by atoms with E-state index < -0.39 is 18.0 Å². The number of piperidine rings is 1. The number of aryl methyl sites for hydroxylation is 1. The molecule has 3 aliphatic carbocycles. The molecule has 2 bridgehead atoms. The maximum atomic E-state index is 13.9. The number of nitrogens with one attached hydrogen (secondary N) is 2. The van der Waals surface area contributed by atoms with Gasteiger partial charge >= 0.3 is 0 Å². The van der Waals surface area contributed by atoms with Gasteiger partial charge in [0, 0.05) is 43.8 Å². The van der Waals surface area contributed by atoms with Crippen LogP contribution in [0.1, 0.15) is 89.7 Å². The first-order valence-electron chi connectivity index (χ1n) is 17.3. The van der Waals surface area contributed by atoms with Crippen LogP contribution in [0.5, 0.6) is 0 Å². The Morgan fingerprint density at radius 1 is 1.11 bits per heavy atom. The normalized spacial score (nSPS) is 29.6. The molecule has 12 heteroatoms. The molecule has 4 amide bonds. The summed E-state index contributed by atoms with van der Waals surface area (Å²) in [5, 5.41) is 5.46. The van der Waals surface area contributed by atoms with Crippen molar-refractivity contribution in [3.63, 3.8) is 0 Å². The third-order valence-electron chi connectivity index (χ3n) is 12.5. The molecular formula is C35H51N7O4S. The van der Waals surface area contributed by atoms with Crippen molar-refractivity contribution < 1.29 is 19.2 Å². The van der Waals surface area contributed by atoms with Gasteiger partial charge in [0.25, 0.3) is 5.91 Å². The van der Waals surface area contributed by atoms with Crippen LogP contribution in [-0.4, -0.2) is 82.3 Å². The Bertz CT molecular complexity index is 1440. The number of nitrogens with two attached hydrogens (primary N) is 2. The Labute approximate surface area is 282 Å². The number of fused-ring (bicyclic) bond motifs is 4. The number of likely N-dealkylation sites (tertiary alicyclic amines) is 1. The first kappa shape index (κ1) is 33.8. The van der Waals surface area contributed by atoms with Crippen LogP contribution in [0.4, 0.5) is 0 Å². The zero-order valence-corrected chi connectivity index (χ0v) is 28.9. The molecule has 2 saturated heterocycles. The molecule has 1 aromatic carbocycles. The number of imide groups is 1. The molecule has 256 valence electrons. The number of aliphatic imine (C=N–C) groups is 1. The molecule has 3 unspecified atom stereocenters. The summed E-state index contributed by atoms with van der Waals surface area (Å²) in [7, 11) is 0. The van der Waals surface area contributed by atoms with Crippen molar-refractivity contribution in [2.24, 2.45) is 33.2 Å². The lowest BCUT2D eigenvalue weighted by molar-refractivity contribution is -0.145. The molecular weight excluding hydrogens is 614 g/mol. The zero-order valence-electron chi connectivity index (χ0n) is 28.1. The van der Waals surface area contributed by atoms with Crippen molar-refractivity contribution in [2.45, 2.75) is 109 Å². The second-order valence-electron chi connectivity index (χ2n) is 15.1. The van der Waals surface area contributed by atoms with E-state index in [9.17, 15) is 19.2 Å². The molecule has 47 heavy (non-hydrogen) atoms. The minimum atomic E-state index is -0.941. The maximum absolute atomic E-state index is 13.9. The molecule has 6 rings (SSSR count). The van der Waals surface area contributed by atoms with Crippen LogP contribution in [0.15, 0.2) is 29.3 Å². The van der Waals surface area contributed by atoms with Gasteiger partial charge in [0.1, 0.15) is 12.1 Å². The summed E-state index contributed by atoms with van der Waals surface area (Å²) in [6, 6.07) is 6.98. The van der Waals surface area contributed by atoms with Crippen molar-refractivity contribution in [1.29, 1.82) is 0 Å². The monoisotopic (exact) mass is 665 g/mol. The average molecular weight is 666 g/mol. The van der Waals surface area contributed by atoms with E-state index in [0.717, 1.165) is 50.9 Å². The second kappa shape index (κ2) is 13.1. The highest BCUT2D eigenvalue weighted by atomic mass is 32.2. The quantitative estimate of drug-likeness (QED) is 0.0922. The summed E-state index contributed by atoms with van der Waals surface area (Å²) in [5.74, 6) is -0.118. The molecule has 1 aromatic rings. The number of benzene rings is 1. The summed E-state index contributed by atoms with van der Waals surface area (Å²) in [4.78, 5) is 58.1. The Morgan fingerprint density at radius 3 is 2.55 bits per heavy atom. The number of hydrogen-bond donors (Lipinski definition) is 4. The molecule has 2 saturated carbocycles. The van der Waals surface area contributed by atoms with E-state index in [0.29, 0.717) is 30.7 Å². The highest BCUT2D eigenvalue weighted by molar-refractivity contribution is 7.97. The average Bonchev–Trinajstić information content (AvgIpc) is 3.67. The maximum Gasteiger partial charge on any atom is 0.252 e. The molecule has 0 aromatic heterocycles. The van der Waals surface area contributed by atoms with Crippen LogP contribution in [-0.2, 0) is 31.0 Å². The Hall–Kier alpha value is -3.12. The van der Waals surface area contributed by atoms with E-state index in [1.165, 1.54) is 30.2 Å². The van der Waals surface area contributed by atoms with Gasteiger partial charge in [-0.15, -0.1) is 0 Å². The summed E-state index contributed by atoms with van der Waals surface area (Å²) >= 11 is 1.92. The summed E-state index contributed by atoms with van der Waals surface area (Å²) in [6.07, 6.45) is 8.35. The van der Waals surface area contributed by atoms with Crippen LogP contribution in [0, 0.1) is 16.7 Å². The van der Waals surface area contributed by atoms with Gasteiger partial charge in [0.15, 0.2) is 5.96 Å². The van der Waals surface area contributed by atoms with Crippen molar-refractivity contribution >= 4 is 41.5 Å². The largest absolute Gasteiger partial charge is 0.370 e. The summed E-state index contributed by atoms with van der Waals surface area (Å²) in [5.41, 5.74) is 14.0. The first-order chi connectivity index (χ1) is 22.4. The summed E-state index contributed by atoms with van der Waals surface area (Å²) in [6.45, 7) is 8.39. The number of nitrogens with zero attached hydrogens (tertiary/aromatic N) is 3. The van der Waals surface area contributed by atoms with Gasteiger partial charge in [-0.3, -0.25) is 33.4 Å². The number of rotatable bonds is 11. The molecule has 2 heterocycles. The van der Waals surface area contributed by atoms with E-state index in [1.807, 2.05) is 11.9 Å². The van der Waals surface area contributed by atoms with E-state index >= 15 is 0 Å². The van der Waals surface area contributed by atoms with Gasteiger partial charge in [-0.05, 0) is 85.7 Å². The van der Waals surface area contributed by atoms with Gasteiger partial charge in [0.2, 0.25) is 17.7 Å². The summed E-state index contributed by atoms with van der Waals surface area (Å²) < 4.78 is 2.53. The zero-order chi connectivity index (χ0) is 33.6. The van der Waals surface area contributed by atoms with Crippen LogP contribution in [0.3, 0.4) is 0 Å². The van der Waals surface area contributed by atoms with Crippen LogP contribution >= 0.6 is 11.9 Å². The number of guanidine groups is 1.